The van der Waals surface area contributed by atoms with Crippen LogP contribution in [0.3, 0.4) is 0 Å². The van der Waals surface area contributed by atoms with Crippen molar-refractivity contribution >= 4 is 38.6 Å². The molecule has 0 spiro atoms. The average molecular weight is 250 g/mol. The number of thiocarbonyl (C=S) groups is 1. The molecule has 0 fully saturated rings. The zero-order valence-corrected chi connectivity index (χ0v) is 10.2. The molecule has 0 aliphatic heterocycles. The van der Waals surface area contributed by atoms with Crippen molar-refractivity contribution in [2.24, 2.45) is 5.73 Å². The Bertz CT molecular complexity index is 447. The number of hydrogen-bond donors (Lipinski definition) is 1. The second-order valence-corrected chi connectivity index (χ2v) is 6.67. The van der Waals surface area contributed by atoms with Crippen molar-refractivity contribution in [3.8, 4) is 0 Å². The third-order valence-corrected chi connectivity index (χ3v) is 5.31. The molecule has 0 unspecified atom stereocenters. The molecule has 0 amide bonds. The van der Waals surface area contributed by atoms with Crippen LogP contribution in [0.25, 0.3) is 0 Å². The van der Waals surface area contributed by atoms with Crippen LogP contribution in [0.15, 0.2) is 16.3 Å². The summed E-state index contributed by atoms with van der Waals surface area (Å²) in [5.41, 5.74) is 5.38. The highest BCUT2D eigenvalue weighted by atomic mass is 32.2. The number of hydrogen-bond acceptors (Lipinski definition) is 4. The van der Waals surface area contributed by atoms with Gasteiger partial charge in [-0.3, -0.25) is 0 Å². The summed E-state index contributed by atoms with van der Waals surface area (Å²) in [4.78, 5) is 0.829. The van der Waals surface area contributed by atoms with Crippen LogP contribution in [-0.2, 0) is 10.0 Å². The molecule has 4 nitrogen and oxygen atoms in total. The highest BCUT2D eigenvalue weighted by molar-refractivity contribution is 7.91. The molecular formula is C7H10N2O2S3. The first-order valence-corrected chi connectivity index (χ1v) is 6.34. The van der Waals surface area contributed by atoms with Crippen LogP contribution < -0.4 is 5.73 Å². The van der Waals surface area contributed by atoms with Crippen molar-refractivity contribution in [2.75, 3.05) is 14.1 Å². The third kappa shape index (κ3) is 2.11. The molecule has 2 N–H and O–H groups in total. The Kier molecular flexibility index (Phi) is 3.25. The molecule has 0 saturated heterocycles. The maximum atomic E-state index is 11.6. The van der Waals surface area contributed by atoms with Gasteiger partial charge in [0.15, 0.2) is 0 Å². The van der Waals surface area contributed by atoms with Gasteiger partial charge in [-0.1, -0.05) is 12.2 Å². The minimum Gasteiger partial charge on any atom is -0.389 e. The first-order chi connectivity index (χ1) is 6.35. The van der Waals surface area contributed by atoms with Gasteiger partial charge >= 0.3 is 0 Å². The van der Waals surface area contributed by atoms with Gasteiger partial charge in [0.05, 0.1) is 4.88 Å². The maximum Gasteiger partial charge on any atom is 0.252 e. The van der Waals surface area contributed by atoms with E-state index in [1.165, 1.54) is 20.2 Å². The second-order valence-electron chi connectivity index (χ2n) is 2.77. The van der Waals surface area contributed by atoms with Crippen molar-refractivity contribution in [1.29, 1.82) is 0 Å². The van der Waals surface area contributed by atoms with E-state index in [1.54, 1.807) is 6.07 Å². The predicted octanol–water partition coefficient (Wildman–Crippen LogP) is 0.633. The van der Waals surface area contributed by atoms with E-state index in [4.69, 9.17) is 18.0 Å². The molecule has 14 heavy (non-hydrogen) atoms. The lowest BCUT2D eigenvalue weighted by Crippen LogP contribution is -2.21. The van der Waals surface area contributed by atoms with Crippen LogP contribution >= 0.6 is 23.6 Å². The van der Waals surface area contributed by atoms with E-state index in [0.29, 0.717) is 4.88 Å². The van der Waals surface area contributed by atoms with Gasteiger partial charge in [-0.05, 0) is 12.1 Å². The van der Waals surface area contributed by atoms with E-state index in [0.717, 1.165) is 15.6 Å². The van der Waals surface area contributed by atoms with Crippen LogP contribution in [0.2, 0.25) is 0 Å². The van der Waals surface area contributed by atoms with Crippen molar-refractivity contribution < 1.29 is 8.42 Å². The summed E-state index contributed by atoms with van der Waals surface area (Å²) in [7, 11) is -0.390. The standard InChI is InChI=1S/C7H10N2O2S3/c1-9(2)14(10,11)6-4-3-5(13-6)7(8)12/h3-4H,1-2H3,(H2,8,12). The Morgan fingerprint density at radius 2 is 2.07 bits per heavy atom. The summed E-state index contributed by atoms with van der Waals surface area (Å²) in [6.07, 6.45) is 0. The largest absolute Gasteiger partial charge is 0.389 e. The molecule has 0 atom stereocenters. The molecule has 7 heteroatoms. The molecule has 0 radical (unpaired) electrons. The normalized spacial score (nSPS) is 11.9. The van der Waals surface area contributed by atoms with E-state index >= 15 is 0 Å². The Morgan fingerprint density at radius 1 is 1.50 bits per heavy atom. The van der Waals surface area contributed by atoms with Gasteiger partial charge < -0.3 is 5.73 Å². The van der Waals surface area contributed by atoms with Gasteiger partial charge in [-0.2, -0.15) is 0 Å². The molecule has 1 heterocycles. The number of rotatable bonds is 3. The molecule has 1 aromatic rings. The van der Waals surface area contributed by atoms with Crippen molar-refractivity contribution in [3.63, 3.8) is 0 Å². The van der Waals surface area contributed by atoms with Gasteiger partial charge in [-0.25, -0.2) is 12.7 Å². The molecule has 0 aromatic carbocycles. The highest BCUT2D eigenvalue weighted by Crippen LogP contribution is 2.23. The van der Waals surface area contributed by atoms with Gasteiger partial charge in [0.25, 0.3) is 10.0 Å². The Morgan fingerprint density at radius 3 is 2.43 bits per heavy atom. The first kappa shape index (κ1) is 11.6. The fraction of sp³-hybridized carbons (Fsp3) is 0.286. The molecule has 1 aromatic heterocycles. The summed E-state index contributed by atoms with van der Waals surface area (Å²) in [6, 6.07) is 3.12. The minimum atomic E-state index is -3.35. The zero-order valence-electron chi connectivity index (χ0n) is 7.72. The van der Waals surface area contributed by atoms with Crippen LogP contribution in [-0.4, -0.2) is 31.8 Å². The SMILES string of the molecule is CN(C)S(=O)(=O)c1ccc(C(N)=S)s1. The number of sulfonamides is 1. The van der Waals surface area contributed by atoms with Crippen LogP contribution in [0.1, 0.15) is 4.88 Å². The lowest BCUT2D eigenvalue weighted by molar-refractivity contribution is 0.523. The second kappa shape index (κ2) is 3.93. The molecule has 0 aliphatic rings. The lowest BCUT2D eigenvalue weighted by atomic mass is 10.5. The summed E-state index contributed by atoms with van der Waals surface area (Å²) in [5.74, 6) is 0. The Hall–Kier alpha value is -0.500. The van der Waals surface area contributed by atoms with Crippen molar-refractivity contribution in [1.82, 2.24) is 4.31 Å². The minimum absolute atomic E-state index is 0.218. The summed E-state index contributed by atoms with van der Waals surface area (Å²) in [6.45, 7) is 0. The molecular weight excluding hydrogens is 240 g/mol. The van der Waals surface area contributed by atoms with E-state index in [-0.39, 0.29) is 9.20 Å². The summed E-state index contributed by atoms with van der Waals surface area (Å²) >= 11 is 5.82. The van der Waals surface area contributed by atoms with Crippen molar-refractivity contribution in [2.45, 2.75) is 4.21 Å². The van der Waals surface area contributed by atoms with E-state index in [2.05, 4.69) is 0 Å². The van der Waals surface area contributed by atoms with E-state index in [1.807, 2.05) is 0 Å². The molecule has 1 rings (SSSR count). The average Bonchev–Trinajstić information content (AvgIpc) is 2.51. The fourth-order valence-electron chi connectivity index (χ4n) is 0.771. The number of nitrogens with zero attached hydrogens (tertiary/aromatic N) is 1. The lowest BCUT2D eigenvalue weighted by Gasteiger charge is -2.08. The number of thiophene rings is 1. The third-order valence-electron chi connectivity index (χ3n) is 1.56. The van der Waals surface area contributed by atoms with Gasteiger partial charge in [0, 0.05) is 14.1 Å². The zero-order chi connectivity index (χ0) is 10.9. The molecule has 0 aliphatic carbocycles. The van der Waals surface area contributed by atoms with Crippen LogP contribution in [0.5, 0.6) is 0 Å². The van der Waals surface area contributed by atoms with E-state index in [9.17, 15) is 8.42 Å². The number of nitrogens with two attached hydrogens (primary N) is 1. The van der Waals surface area contributed by atoms with Crippen LogP contribution in [0, 0.1) is 0 Å². The molecule has 78 valence electrons. The summed E-state index contributed by atoms with van der Waals surface area (Å²) < 4.78 is 24.7. The molecule has 0 saturated carbocycles. The highest BCUT2D eigenvalue weighted by Gasteiger charge is 2.19. The monoisotopic (exact) mass is 250 g/mol. The van der Waals surface area contributed by atoms with Crippen LogP contribution in [0.4, 0.5) is 0 Å². The Labute approximate surface area is 92.4 Å². The predicted molar refractivity (Wildman–Crippen MR) is 61.1 cm³/mol. The molecule has 0 bridgehead atoms. The first-order valence-electron chi connectivity index (χ1n) is 3.68. The van der Waals surface area contributed by atoms with Gasteiger partial charge in [0.2, 0.25) is 0 Å². The quantitative estimate of drug-likeness (QED) is 0.799. The maximum absolute atomic E-state index is 11.6. The fourth-order valence-corrected chi connectivity index (χ4v) is 3.29. The Balaban J connectivity index is 3.16. The topological polar surface area (TPSA) is 63.4 Å². The van der Waals surface area contributed by atoms with Crippen molar-refractivity contribution in [3.05, 3.63) is 17.0 Å². The van der Waals surface area contributed by atoms with Gasteiger partial charge in [-0.15, -0.1) is 11.3 Å². The smallest absolute Gasteiger partial charge is 0.252 e. The van der Waals surface area contributed by atoms with Gasteiger partial charge in [0.1, 0.15) is 9.20 Å². The van der Waals surface area contributed by atoms with E-state index < -0.39 is 10.0 Å². The summed E-state index contributed by atoms with van der Waals surface area (Å²) in [5, 5.41) is 0.